The van der Waals surface area contributed by atoms with Crippen molar-refractivity contribution in [2.75, 3.05) is 10.6 Å². The number of hydrogen-bond donors (Lipinski definition) is 2. The lowest BCUT2D eigenvalue weighted by atomic mass is 9.90. The van der Waals surface area contributed by atoms with Gasteiger partial charge in [-0.2, -0.15) is 13.2 Å². The minimum absolute atomic E-state index is 0.0251. The van der Waals surface area contributed by atoms with Crippen LogP contribution >= 0.6 is 0 Å². The van der Waals surface area contributed by atoms with Gasteiger partial charge in [-0.05, 0) is 30.7 Å². The van der Waals surface area contributed by atoms with Crippen molar-refractivity contribution in [2.45, 2.75) is 32.4 Å². The van der Waals surface area contributed by atoms with E-state index in [2.05, 4.69) is 15.3 Å². The average molecular weight is 430 g/mol. The van der Waals surface area contributed by atoms with Crippen molar-refractivity contribution in [3.05, 3.63) is 47.4 Å². The number of carbonyl (C=O) groups excluding carboxylic acids is 3. The lowest BCUT2D eigenvalue weighted by Gasteiger charge is -2.21. The number of anilines is 2. The molecule has 7 nitrogen and oxygen atoms in total. The molecule has 0 saturated carbocycles. The van der Waals surface area contributed by atoms with Gasteiger partial charge in [-0.1, -0.05) is 0 Å². The SMILES string of the molecule is CC(=O)Nc1cc(C(C(C)=O)c2nccc(C(F)F)c2NC(=O)C(F)(F)F)ccn1. The number of carbonyl (C=O) groups is 3. The van der Waals surface area contributed by atoms with Crippen molar-refractivity contribution >= 4 is 29.1 Å². The molecule has 0 aliphatic heterocycles. The number of nitrogens with one attached hydrogen (secondary N) is 2. The van der Waals surface area contributed by atoms with Crippen molar-refractivity contribution < 1.29 is 36.3 Å². The molecule has 2 aromatic heterocycles. The fraction of sp³-hybridized carbons (Fsp3) is 0.278. The molecule has 2 N–H and O–H groups in total. The van der Waals surface area contributed by atoms with Gasteiger partial charge in [0, 0.05) is 24.9 Å². The third-order valence-corrected chi connectivity index (χ3v) is 3.85. The van der Waals surface area contributed by atoms with Crippen LogP contribution in [0.25, 0.3) is 0 Å². The number of ketones is 1. The Morgan fingerprint density at radius 2 is 1.63 bits per heavy atom. The summed E-state index contributed by atoms with van der Waals surface area (Å²) in [6.07, 6.45) is -6.50. The Hall–Kier alpha value is -3.44. The number of pyridine rings is 2. The Kier molecular flexibility index (Phi) is 6.80. The van der Waals surface area contributed by atoms with E-state index in [0.717, 1.165) is 19.2 Å². The molecule has 0 fully saturated rings. The van der Waals surface area contributed by atoms with Gasteiger partial charge in [-0.25, -0.2) is 13.8 Å². The summed E-state index contributed by atoms with van der Waals surface area (Å²) in [7, 11) is 0. The molecule has 1 unspecified atom stereocenters. The first-order valence-electron chi connectivity index (χ1n) is 8.31. The number of amides is 2. The van der Waals surface area contributed by atoms with Gasteiger partial charge in [0.15, 0.2) is 0 Å². The highest BCUT2D eigenvalue weighted by atomic mass is 19.4. The zero-order valence-corrected chi connectivity index (χ0v) is 15.6. The lowest BCUT2D eigenvalue weighted by Crippen LogP contribution is -2.31. The van der Waals surface area contributed by atoms with Gasteiger partial charge < -0.3 is 10.6 Å². The molecule has 2 heterocycles. The molecular weight excluding hydrogens is 415 g/mol. The van der Waals surface area contributed by atoms with Crippen molar-refractivity contribution in [2.24, 2.45) is 0 Å². The van der Waals surface area contributed by atoms with Gasteiger partial charge in [-0.15, -0.1) is 0 Å². The minimum Gasteiger partial charge on any atom is -0.316 e. The molecule has 2 aromatic rings. The van der Waals surface area contributed by atoms with Crippen LogP contribution in [0.15, 0.2) is 30.6 Å². The normalized spacial score (nSPS) is 12.4. The number of alkyl halides is 5. The Morgan fingerprint density at radius 3 is 2.17 bits per heavy atom. The molecule has 1 atom stereocenters. The third kappa shape index (κ3) is 5.33. The monoisotopic (exact) mass is 430 g/mol. The van der Waals surface area contributed by atoms with Gasteiger partial charge in [0.2, 0.25) is 5.91 Å². The molecule has 0 saturated heterocycles. The van der Waals surface area contributed by atoms with Crippen molar-refractivity contribution in [1.29, 1.82) is 0 Å². The van der Waals surface area contributed by atoms with E-state index in [0.29, 0.717) is 0 Å². The number of halogens is 5. The topological polar surface area (TPSA) is 101 Å². The van der Waals surface area contributed by atoms with E-state index in [9.17, 15) is 36.3 Å². The summed E-state index contributed by atoms with van der Waals surface area (Å²) in [6.45, 7) is 2.28. The van der Waals surface area contributed by atoms with Gasteiger partial charge in [0.1, 0.15) is 11.6 Å². The summed E-state index contributed by atoms with van der Waals surface area (Å²) in [4.78, 5) is 42.6. The van der Waals surface area contributed by atoms with Crippen molar-refractivity contribution in [1.82, 2.24) is 9.97 Å². The van der Waals surface area contributed by atoms with Crippen LogP contribution in [0.4, 0.5) is 33.5 Å². The average Bonchev–Trinajstić information content (AvgIpc) is 2.61. The maximum Gasteiger partial charge on any atom is 0.471 e. The zero-order valence-electron chi connectivity index (χ0n) is 15.6. The molecule has 0 spiro atoms. The molecular formula is C18H15F5N4O3. The van der Waals surface area contributed by atoms with Crippen LogP contribution in [-0.4, -0.2) is 33.7 Å². The largest absolute Gasteiger partial charge is 0.471 e. The molecule has 160 valence electrons. The second-order valence-corrected chi connectivity index (χ2v) is 6.11. The van der Waals surface area contributed by atoms with E-state index in [1.165, 1.54) is 30.6 Å². The maximum atomic E-state index is 13.4. The van der Waals surface area contributed by atoms with E-state index in [1.807, 2.05) is 0 Å². The number of rotatable bonds is 6. The molecule has 0 aliphatic rings. The molecule has 0 bridgehead atoms. The molecule has 0 aliphatic carbocycles. The number of Topliss-reactive ketones (excluding diaryl/α,β-unsaturated/α-hetero) is 1. The molecule has 2 rings (SSSR count). The van der Waals surface area contributed by atoms with E-state index in [-0.39, 0.29) is 11.4 Å². The predicted molar refractivity (Wildman–Crippen MR) is 94.9 cm³/mol. The van der Waals surface area contributed by atoms with Gasteiger partial charge in [0.25, 0.3) is 6.43 Å². The summed E-state index contributed by atoms with van der Waals surface area (Å²) in [6, 6.07) is 3.30. The fourth-order valence-electron chi connectivity index (χ4n) is 2.68. The van der Waals surface area contributed by atoms with Crippen molar-refractivity contribution in [3.63, 3.8) is 0 Å². The quantitative estimate of drug-likeness (QED) is 0.682. The van der Waals surface area contributed by atoms with E-state index in [4.69, 9.17) is 0 Å². The zero-order chi connectivity index (χ0) is 22.6. The summed E-state index contributed by atoms with van der Waals surface area (Å²) < 4.78 is 65.0. The van der Waals surface area contributed by atoms with Crippen LogP contribution in [0.2, 0.25) is 0 Å². The van der Waals surface area contributed by atoms with E-state index >= 15 is 0 Å². The maximum absolute atomic E-state index is 13.4. The summed E-state index contributed by atoms with van der Waals surface area (Å²) in [5, 5.41) is 3.77. The highest BCUT2D eigenvalue weighted by Crippen LogP contribution is 2.37. The van der Waals surface area contributed by atoms with Crippen molar-refractivity contribution in [3.8, 4) is 0 Å². The first kappa shape index (κ1) is 22.8. The van der Waals surface area contributed by atoms with Crippen LogP contribution in [0.3, 0.4) is 0 Å². The Labute approximate surface area is 166 Å². The van der Waals surface area contributed by atoms with Gasteiger partial charge in [-0.3, -0.25) is 19.4 Å². The molecule has 2 amide bonds. The first-order valence-corrected chi connectivity index (χ1v) is 8.31. The highest BCUT2D eigenvalue weighted by Gasteiger charge is 2.40. The number of aromatic nitrogens is 2. The minimum atomic E-state index is -5.35. The molecule has 0 radical (unpaired) electrons. The molecule has 0 aromatic carbocycles. The number of nitrogens with zero attached hydrogens (tertiary/aromatic N) is 2. The Bertz CT molecular complexity index is 979. The first-order chi connectivity index (χ1) is 13.9. The Morgan fingerprint density at radius 1 is 1.00 bits per heavy atom. The van der Waals surface area contributed by atoms with Crippen LogP contribution in [0.5, 0.6) is 0 Å². The molecule has 30 heavy (non-hydrogen) atoms. The second-order valence-electron chi connectivity index (χ2n) is 6.11. The molecule has 12 heteroatoms. The van der Waals surface area contributed by atoms with Gasteiger partial charge in [0.05, 0.1) is 17.3 Å². The second kappa shape index (κ2) is 8.93. The highest BCUT2D eigenvalue weighted by molar-refractivity contribution is 5.98. The fourth-order valence-corrected chi connectivity index (χ4v) is 2.68. The van der Waals surface area contributed by atoms with Crippen LogP contribution in [-0.2, 0) is 14.4 Å². The summed E-state index contributed by atoms with van der Waals surface area (Å²) >= 11 is 0. The van der Waals surface area contributed by atoms with Gasteiger partial charge >= 0.3 is 12.1 Å². The smallest absolute Gasteiger partial charge is 0.316 e. The van der Waals surface area contributed by atoms with E-state index < -0.39 is 53.1 Å². The van der Waals surface area contributed by atoms with E-state index in [1.54, 1.807) is 0 Å². The summed E-state index contributed by atoms with van der Waals surface area (Å²) in [5.74, 6) is -5.01. The van der Waals surface area contributed by atoms with Crippen LogP contribution in [0.1, 0.15) is 43.0 Å². The number of hydrogen-bond acceptors (Lipinski definition) is 5. The Balaban J connectivity index is 2.66. The third-order valence-electron chi connectivity index (χ3n) is 3.85. The van der Waals surface area contributed by atoms with Crippen LogP contribution in [0, 0.1) is 0 Å². The summed E-state index contributed by atoms with van der Waals surface area (Å²) in [5.41, 5.74) is -2.23. The predicted octanol–water partition coefficient (Wildman–Crippen LogP) is 3.59. The lowest BCUT2D eigenvalue weighted by molar-refractivity contribution is -0.167. The van der Waals surface area contributed by atoms with Crippen LogP contribution < -0.4 is 10.6 Å². The standard InChI is InChI=1S/C18H15F5N4O3/c1-8(28)13(10-3-5-24-12(7-10)26-9(2)29)15-14(27-17(30)18(21,22)23)11(16(19)20)4-6-25-15/h3-7,13,16H,1-2H3,(H,27,30)(H,24,26,29).